The molecule has 1 saturated heterocycles. The molecule has 1 nitrogen and oxygen atoms in total. The van der Waals surface area contributed by atoms with E-state index in [0.29, 0.717) is 0 Å². The number of hydrogen-bond acceptors (Lipinski definition) is 1. The van der Waals surface area contributed by atoms with E-state index in [4.69, 9.17) is 0 Å². The summed E-state index contributed by atoms with van der Waals surface area (Å²) in [4.78, 5) is 2.69. The molecule has 1 aliphatic heterocycles. The van der Waals surface area contributed by atoms with Crippen LogP contribution in [-0.4, -0.2) is 24.5 Å². The van der Waals surface area contributed by atoms with E-state index < -0.39 is 0 Å². The maximum atomic E-state index is 2.69. The quantitative estimate of drug-likeness (QED) is 0.547. The molecule has 1 unspecified atom stereocenters. The van der Waals surface area contributed by atoms with E-state index in [9.17, 15) is 0 Å². The minimum atomic E-state index is 1.02. The van der Waals surface area contributed by atoms with Gasteiger partial charge in [0, 0.05) is 6.54 Å². The summed E-state index contributed by atoms with van der Waals surface area (Å²) in [6.07, 6.45) is 11.4. The molecule has 1 rings (SSSR count). The average molecular weight is 211 g/mol. The first-order chi connectivity index (χ1) is 7.36. The molecule has 0 aromatic rings. The molecule has 0 aliphatic carbocycles. The van der Waals surface area contributed by atoms with Gasteiger partial charge in [0.1, 0.15) is 0 Å². The molecule has 0 aromatic heterocycles. The van der Waals surface area contributed by atoms with Gasteiger partial charge in [-0.3, -0.25) is 0 Å². The van der Waals surface area contributed by atoms with Gasteiger partial charge in [-0.05, 0) is 38.3 Å². The van der Waals surface area contributed by atoms with Crippen LogP contribution < -0.4 is 0 Å². The highest BCUT2D eigenvalue weighted by atomic mass is 15.1. The van der Waals surface area contributed by atoms with Gasteiger partial charge in [0.2, 0.25) is 0 Å². The Hall–Kier alpha value is -0.0400. The highest BCUT2D eigenvalue weighted by Gasteiger charge is 2.20. The second-order valence-corrected chi connectivity index (χ2v) is 5.16. The van der Waals surface area contributed by atoms with Crippen molar-refractivity contribution in [1.82, 2.24) is 4.90 Å². The zero-order valence-corrected chi connectivity index (χ0v) is 10.8. The van der Waals surface area contributed by atoms with Crippen molar-refractivity contribution in [2.45, 2.75) is 65.2 Å². The van der Waals surface area contributed by atoms with E-state index in [1.165, 1.54) is 71.0 Å². The molecule has 1 fully saturated rings. The lowest BCUT2D eigenvalue weighted by Gasteiger charge is -2.15. The lowest BCUT2D eigenvalue weighted by atomic mass is 10.0. The molecule has 15 heavy (non-hydrogen) atoms. The molecule has 0 N–H and O–H groups in total. The molecule has 0 amide bonds. The van der Waals surface area contributed by atoms with Gasteiger partial charge < -0.3 is 4.90 Å². The Morgan fingerprint density at radius 1 is 1.00 bits per heavy atom. The second-order valence-electron chi connectivity index (χ2n) is 5.16. The van der Waals surface area contributed by atoms with Crippen LogP contribution in [0.4, 0.5) is 0 Å². The topological polar surface area (TPSA) is 3.24 Å². The van der Waals surface area contributed by atoms with Crippen LogP contribution in [0.25, 0.3) is 0 Å². The first-order valence-electron chi connectivity index (χ1n) is 7.09. The monoisotopic (exact) mass is 211 g/mol. The Kier molecular flexibility index (Phi) is 7.08. The van der Waals surface area contributed by atoms with Gasteiger partial charge in [0.05, 0.1) is 0 Å². The van der Waals surface area contributed by atoms with Crippen molar-refractivity contribution in [2.75, 3.05) is 19.6 Å². The molecule has 0 saturated carbocycles. The smallest absolute Gasteiger partial charge is 0.00101 e. The number of rotatable bonds is 8. The highest BCUT2D eigenvalue weighted by molar-refractivity contribution is 4.75. The Morgan fingerprint density at radius 3 is 2.53 bits per heavy atom. The predicted octanol–water partition coefficient (Wildman–Crippen LogP) is 4.08. The first kappa shape index (κ1) is 13.0. The van der Waals surface area contributed by atoms with Crippen molar-refractivity contribution >= 4 is 0 Å². The third kappa shape index (κ3) is 5.55. The Morgan fingerprint density at radius 2 is 1.80 bits per heavy atom. The minimum absolute atomic E-state index is 1.02. The maximum Gasteiger partial charge on any atom is 0.00101 e. The molecule has 1 atom stereocenters. The van der Waals surface area contributed by atoms with Gasteiger partial charge in [0.25, 0.3) is 0 Å². The Balaban J connectivity index is 1.98. The van der Waals surface area contributed by atoms with Crippen LogP contribution in [-0.2, 0) is 0 Å². The van der Waals surface area contributed by atoms with Crippen LogP contribution in [0.1, 0.15) is 65.2 Å². The summed E-state index contributed by atoms with van der Waals surface area (Å²) in [6, 6.07) is 0. The van der Waals surface area contributed by atoms with E-state index in [0.717, 1.165) is 5.92 Å². The fourth-order valence-corrected chi connectivity index (χ4v) is 2.61. The Labute approximate surface area is 96.2 Å². The van der Waals surface area contributed by atoms with Gasteiger partial charge in [-0.25, -0.2) is 0 Å². The third-order valence-corrected chi connectivity index (χ3v) is 3.66. The standard InChI is InChI=1S/C14H29N/c1-3-5-7-8-11-15-12-10-14(13-15)9-6-4-2/h14H,3-13H2,1-2H3. The van der Waals surface area contributed by atoms with Gasteiger partial charge in [-0.15, -0.1) is 0 Å². The molecule has 0 radical (unpaired) electrons. The molecule has 0 bridgehead atoms. The summed E-state index contributed by atoms with van der Waals surface area (Å²) >= 11 is 0. The molecular weight excluding hydrogens is 182 g/mol. The van der Waals surface area contributed by atoms with E-state index in [1.54, 1.807) is 0 Å². The van der Waals surface area contributed by atoms with Crippen molar-refractivity contribution in [2.24, 2.45) is 5.92 Å². The molecule has 0 aromatic carbocycles. The number of nitrogens with zero attached hydrogens (tertiary/aromatic N) is 1. The Bertz CT molecular complexity index is 144. The molecular formula is C14H29N. The summed E-state index contributed by atoms with van der Waals surface area (Å²) in [7, 11) is 0. The summed E-state index contributed by atoms with van der Waals surface area (Å²) < 4.78 is 0. The molecule has 1 aliphatic rings. The van der Waals surface area contributed by atoms with Gasteiger partial charge in [-0.1, -0.05) is 46.0 Å². The maximum absolute atomic E-state index is 2.69. The number of unbranched alkanes of at least 4 members (excludes halogenated alkanes) is 4. The normalized spacial score (nSPS) is 22.4. The summed E-state index contributed by atoms with van der Waals surface area (Å²) in [5, 5.41) is 0. The van der Waals surface area contributed by atoms with Crippen LogP contribution in [0.2, 0.25) is 0 Å². The van der Waals surface area contributed by atoms with Crippen molar-refractivity contribution in [3.05, 3.63) is 0 Å². The second kappa shape index (κ2) is 8.15. The fourth-order valence-electron chi connectivity index (χ4n) is 2.61. The van der Waals surface area contributed by atoms with E-state index >= 15 is 0 Å². The molecule has 90 valence electrons. The summed E-state index contributed by atoms with van der Waals surface area (Å²) in [5.74, 6) is 1.02. The van der Waals surface area contributed by atoms with Crippen LogP contribution >= 0.6 is 0 Å². The lowest BCUT2D eigenvalue weighted by Crippen LogP contribution is -2.21. The van der Waals surface area contributed by atoms with E-state index in [2.05, 4.69) is 18.7 Å². The van der Waals surface area contributed by atoms with Gasteiger partial charge >= 0.3 is 0 Å². The molecule has 1 heterocycles. The zero-order valence-electron chi connectivity index (χ0n) is 10.8. The van der Waals surface area contributed by atoms with Crippen LogP contribution in [0.3, 0.4) is 0 Å². The number of likely N-dealkylation sites (tertiary alicyclic amines) is 1. The van der Waals surface area contributed by atoms with E-state index in [-0.39, 0.29) is 0 Å². The van der Waals surface area contributed by atoms with Gasteiger partial charge in [0.15, 0.2) is 0 Å². The van der Waals surface area contributed by atoms with Crippen molar-refractivity contribution < 1.29 is 0 Å². The van der Waals surface area contributed by atoms with Crippen LogP contribution in [0.5, 0.6) is 0 Å². The average Bonchev–Trinajstić information content (AvgIpc) is 2.69. The molecule has 0 spiro atoms. The van der Waals surface area contributed by atoms with Crippen molar-refractivity contribution in [3.8, 4) is 0 Å². The largest absolute Gasteiger partial charge is 0.303 e. The van der Waals surface area contributed by atoms with Gasteiger partial charge in [-0.2, -0.15) is 0 Å². The predicted molar refractivity (Wildman–Crippen MR) is 68.2 cm³/mol. The minimum Gasteiger partial charge on any atom is -0.303 e. The number of hydrogen-bond donors (Lipinski definition) is 0. The van der Waals surface area contributed by atoms with E-state index in [1.807, 2.05) is 0 Å². The van der Waals surface area contributed by atoms with Crippen LogP contribution in [0.15, 0.2) is 0 Å². The third-order valence-electron chi connectivity index (χ3n) is 3.66. The zero-order chi connectivity index (χ0) is 10.9. The van der Waals surface area contributed by atoms with Crippen LogP contribution in [0, 0.1) is 5.92 Å². The van der Waals surface area contributed by atoms with Crippen molar-refractivity contribution in [3.63, 3.8) is 0 Å². The molecule has 1 heteroatoms. The fraction of sp³-hybridized carbons (Fsp3) is 1.00. The SMILES string of the molecule is CCCCCCN1CCC(CCCC)C1. The van der Waals surface area contributed by atoms with Crippen molar-refractivity contribution in [1.29, 1.82) is 0 Å². The first-order valence-corrected chi connectivity index (χ1v) is 7.09. The summed E-state index contributed by atoms with van der Waals surface area (Å²) in [6.45, 7) is 8.73. The lowest BCUT2D eigenvalue weighted by molar-refractivity contribution is 0.310. The summed E-state index contributed by atoms with van der Waals surface area (Å²) in [5.41, 5.74) is 0. The highest BCUT2D eigenvalue weighted by Crippen LogP contribution is 2.21.